The van der Waals surface area contributed by atoms with Crippen molar-refractivity contribution in [1.82, 2.24) is 0 Å². The van der Waals surface area contributed by atoms with E-state index in [2.05, 4.69) is 0 Å². The van der Waals surface area contributed by atoms with Crippen molar-refractivity contribution in [1.29, 1.82) is 0 Å². The molecule has 0 spiro atoms. The van der Waals surface area contributed by atoms with Gasteiger partial charge in [-0.1, -0.05) is 32.9 Å². The van der Waals surface area contributed by atoms with Gasteiger partial charge in [0.25, 0.3) is 5.76 Å². The molecule has 9 heteroatoms. The summed E-state index contributed by atoms with van der Waals surface area (Å²) in [6, 6.07) is 14.3. The minimum Gasteiger partial charge on any atom is -0.449 e. The largest absolute Gasteiger partial charge is 0.453 e. The van der Waals surface area contributed by atoms with Crippen molar-refractivity contribution in [3.8, 4) is 17.2 Å². The van der Waals surface area contributed by atoms with E-state index in [0.717, 1.165) is 23.8 Å². The van der Waals surface area contributed by atoms with Gasteiger partial charge in [-0.25, -0.2) is 9.18 Å². The molecule has 4 aromatic rings. The molecular weight excluding hydrogens is 480 g/mol. The molecular formula is C27H20F4O5. The highest BCUT2D eigenvalue weighted by atomic mass is 19.4. The molecule has 0 saturated carbocycles. The highest BCUT2D eigenvalue weighted by Gasteiger charge is 2.40. The Bertz CT molecular complexity index is 1480. The van der Waals surface area contributed by atoms with Gasteiger partial charge in [0.2, 0.25) is 11.2 Å². The van der Waals surface area contributed by atoms with Crippen molar-refractivity contribution in [3.05, 3.63) is 99.7 Å². The van der Waals surface area contributed by atoms with Crippen molar-refractivity contribution in [2.75, 3.05) is 0 Å². The number of hydrogen-bond acceptors (Lipinski definition) is 5. The molecule has 5 nitrogen and oxygen atoms in total. The van der Waals surface area contributed by atoms with Crippen LogP contribution in [0.2, 0.25) is 0 Å². The lowest BCUT2D eigenvalue weighted by Gasteiger charge is -2.19. The minimum absolute atomic E-state index is 0.0233. The van der Waals surface area contributed by atoms with Gasteiger partial charge in [-0.3, -0.25) is 4.79 Å². The molecule has 0 N–H and O–H groups in total. The van der Waals surface area contributed by atoms with Crippen LogP contribution in [0.3, 0.4) is 0 Å². The molecule has 36 heavy (non-hydrogen) atoms. The maximum absolute atomic E-state index is 13.8. The fourth-order valence-electron chi connectivity index (χ4n) is 3.39. The second kappa shape index (κ2) is 9.14. The molecule has 0 unspecified atom stereocenters. The third-order valence-corrected chi connectivity index (χ3v) is 5.31. The summed E-state index contributed by atoms with van der Waals surface area (Å²) in [7, 11) is 0. The average molecular weight is 500 g/mol. The Labute approximate surface area is 202 Å². The van der Waals surface area contributed by atoms with Crippen molar-refractivity contribution >= 4 is 16.9 Å². The maximum Gasteiger partial charge on any atom is 0.453 e. The van der Waals surface area contributed by atoms with Crippen molar-refractivity contribution in [3.63, 3.8) is 0 Å². The number of carbonyl (C=O) groups excluding carboxylic acids is 1. The van der Waals surface area contributed by atoms with Crippen LogP contribution in [0.1, 0.15) is 42.5 Å². The van der Waals surface area contributed by atoms with E-state index in [1.54, 1.807) is 12.1 Å². The van der Waals surface area contributed by atoms with Crippen LogP contribution in [0.25, 0.3) is 11.0 Å². The lowest BCUT2D eigenvalue weighted by Crippen LogP contribution is -2.16. The van der Waals surface area contributed by atoms with Crippen LogP contribution in [-0.2, 0) is 11.6 Å². The Morgan fingerprint density at radius 2 is 1.47 bits per heavy atom. The van der Waals surface area contributed by atoms with Gasteiger partial charge in [-0.15, -0.1) is 0 Å². The van der Waals surface area contributed by atoms with Crippen molar-refractivity contribution in [2.24, 2.45) is 0 Å². The number of alkyl halides is 3. The lowest BCUT2D eigenvalue weighted by atomic mass is 9.87. The first-order chi connectivity index (χ1) is 16.8. The maximum atomic E-state index is 13.8. The molecule has 0 saturated heterocycles. The number of ether oxygens (including phenoxy) is 2. The molecule has 0 radical (unpaired) electrons. The predicted molar refractivity (Wildman–Crippen MR) is 124 cm³/mol. The van der Waals surface area contributed by atoms with E-state index >= 15 is 0 Å². The van der Waals surface area contributed by atoms with Crippen molar-refractivity contribution in [2.45, 2.75) is 32.4 Å². The molecule has 0 aliphatic carbocycles. The van der Waals surface area contributed by atoms with Gasteiger partial charge >= 0.3 is 12.1 Å². The van der Waals surface area contributed by atoms with E-state index in [1.807, 2.05) is 20.8 Å². The van der Waals surface area contributed by atoms with E-state index in [-0.39, 0.29) is 27.9 Å². The summed E-state index contributed by atoms with van der Waals surface area (Å²) in [5, 5.41) is -0.203. The Hall–Kier alpha value is -4.14. The Balaban J connectivity index is 1.71. The predicted octanol–water partition coefficient (Wildman–Crippen LogP) is 7.26. The van der Waals surface area contributed by atoms with Gasteiger partial charge in [0, 0.05) is 6.07 Å². The average Bonchev–Trinajstić information content (AvgIpc) is 2.80. The highest BCUT2D eigenvalue weighted by molar-refractivity contribution is 5.91. The minimum atomic E-state index is -5.05. The Kier molecular flexibility index (Phi) is 6.34. The van der Waals surface area contributed by atoms with E-state index in [4.69, 9.17) is 13.9 Å². The van der Waals surface area contributed by atoms with Gasteiger partial charge < -0.3 is 13.9 Å². The molecule has 4 rings (SSSR count). The van der Waals surface area contributed by atoms with Gasteiger partial charge in [-0.2, -0.15) is 13.2 Å². The fraction of sp³-hybridized carbons (Fsp3) is 0.185. The first kappa shape index (κ1) is 25.0. The number of rotatable bonds is 4. The molecule has 0 aliphatic rings. The molecule has 0 fully saturated rings. The zero-order valence-corrected chi connectivity index (χ0v) is 19.4. The van der Waals surface area contributed by atoms with Crippen molar-refractivity contribution < 1.29 is 36.2 Å². The van der Waals surface area contributed by atoms with E-state index in [9.17, 15) is 27.2 Å². The van der Waals surface area contributed by atoms with Gasteiger partial charge in [0.15, 0.2) is 0 Å². The van der Waals surface area contributed by atoms with Crippen LogP contribution >= 0.6 is 0 Å². The smallest absolute Gasteiger partial charge is 0.449 e. The number of benzene rings is 3. The molecule has 3 aromatic carbocycles. The van der Waals surface area contributed by atoms with Crippen LogP contribution in [0.5, 0.6) is 17.2 Å². The molecule has 0 amide bonds. The number of carbonyl (C=O) groups is 1. The number of halogens is 4. The van der Waals surface area contributed by atoms with E-state index in [0.29, 0.717) is 0 Å². The summed E-state index contributed by atoms with van der Waals surface area (Å²) in [6.45, 7) is 5.94. The number of hydrogen-bond donors (Lipinski definition) is 0. The van der Waals surface area contributed by atoms with Gasteiger partial charge in [-0.05, 0) is 59.5 Å². The monoisotopic (exact) mass is 500 g/mol. The zero-order chi connectivity index (χ0) is 26.3. The van der Waals surface area contributed by atoms with Crippen LogP contribution in [0, 0.1) is 5.82 Å². The van der Waals surface area contributed by atoms with Crippen LogP contribution in [0.15, 0.2) is 75.9 Å². The second-order valence-corrected chi connectivity index (χ2v) is 9.02. The van der Waals surface area contributed by atoms with Gasteiger partial charge in [0.05, 0.1) is 10.9 Å². The topological polar surface area (TPSA) is 65.7 Å². The molecule has 186 valence electrons. The van der Waals surface area contributed by atoms with Crippen LogP contribution < -0.4 is 14.9 Å². The summed E-state index contributed by atoms with van der Waals surface area (Å²) >= 11 is 0. The molecule has 1 aromatic heterocycles. The summed E-state index contributed by atoms with van der Waals surface area (Å²) in [4.78, 5) is 25.2. The first-order valence-electron chi connectivity index (χ1n) is 10.8. The summed E-state index contributed by atoms with van der Waals surface area (Å²) in [6.07, 6.45) is -5.05. The quantitative estimate of drug-likeness (QED) is 0.168. The zero-order valence-electron chi connectivity index (χ0n) is 19.4. The Morgan fingerprint density at radius 3 is 2.06 bits per heavy atom. The normalized spacial score (nSPS) is 12.0. The molecule has 0 aliphatic heterocycles. The van der Waals surface area contributed by atoms with Gasteiger partial charge in [0.1, 0.15) is 22.9 Å². The second-order valence-electron chi connectivity index (χ2n) is 9.02. The van der Waals surface area contributed by atoms with E-state index < -0.39 is 40.5 Å². The molecule has 1 heterocycles. The van der Waals surface area contributed by atoms with E-state index in [1.165, 1.54) is 36.4 Å². The lowest BCUT2D eigenvalue weighted by molar-refractivity contribution is -0.154. The highest BCUT2D eigenvalue weighted by Crippen LogP contribution is 2.39. The Morgan fingerprint density at radius 1 is 0.861 bits per heavy atom. The summed E-state index contributed by atoms with van der Waals surface area (Å²) in [5.41, 5.74) is -0.725. The van der Waals surface area contributed by atoms with Crippen LogP contribution in [-0.4, -0.2) is 5.97 Å². The molecule has 0 bridgehead atoms. The first-order valence-corrected chi connectivity index (χ1v) is 10.8. The van der Waals surface area contributed by atoms with Crippen LogP contribution in [0.4, 0.5) is 17.6 Å². The number of fused-ring (bicyclic) bond motifs is 1. The number of esters is 1. The summed E-state index contributed by atoms with van der Waals surface area (Å²) < 4.78 is 70.1. The third-order valence-electron chi connectivity index (χ3n) is 5.31. The molecule has 0 atom stereocenters. The fourth-order valence-corrected chi connectivity index (χ4v) is 3.39. The standard InChI is InChI=1S/C27H20F4O5/c1-26(2,3)16-6-10-18(11-7-16)34-23-22(32)20-13-12-19(14-21(20)36-24(23)27(29,30)31)35-25(33)15-4-8-17(28)9-5-15/h4-14H,1-3H3. The SMILES string of the molecule is CC(C)(C)c1ccc(Oc2c(C(F)(F)F)oc3cc(OC(=O)c4ccc(F)cc4)ccc3c2=O)cc1. The summed E-state index contributed by atoms with van der Waals surface area (Å²) in [5.74, 6) is -4.19. The third kappa shape index (κ3) is 5.25.